The number of esters is 6. The van der Waals surface area contributed by atoms with Gasteiger partial charge in [-0.05, 0) is 26.7 Å². The van der Waals surface area contributed by atoms with Crippen LogP contribution in [-0.2, 0) is 57.2 Å². The van der Waals surface area contributed by atoms with Crippen molar-refractivity contribution in [1.82, 2.24) is 0 Å². The number of hydrogen-bond donors (Lipinski definition) is 2. The number of aliphatic hydroxyl groups excluding tert-OH is 2. The summed E-state index contributed by atoms with van der Waals surface area (Å²) in [7, 11) is 0. The predicted molar refractivity (Wildman–Crippen MR) is 135 cm³/mol. The minimum Gasteiger partial charge on any atom is -0.463 e. The van der Waals surface area contributed by atoms with Crippen LogP contribution in [0.4, 0.5) is 0 Å². The van der Waals surface area contributed by atoms with Crippen LogP contribution in [0.2, 0.25) is 0 Å². The van der Waals surface area contributed by atoms with Crippen LogP contribution >= 0.6 is 0 Å². The molecule has 0 aromatic carbocycles. The monoisotopic (exact) mass is 570 g/mol. The fraction of sp³-hybridized carbons (Fsp3) is 0.462. The minimum absolute atomic E-state index is 0.0330. The van der Waals surface area contributed by atoms with Crippen LogP contribution in [0.15, 0.2) is 48.6 Å². The van der Waals surface area contributed by atoms with Gasteiger partial charge in [0.2, 0.25) is 0 Å². The number of aliphatic hydroxyl groups is 2. The molecule has 0 aromatic rings. The molecule has 0 aliphatic carbocycles. The van der Waals surface area contributed by atoms with E-state index < -0.39 is 74.5 Å². The molecular formula is C26H34O14. The van der Waals surface area contributed by atoms with Crippen molar-refractivity contribution < 1.29 is 67.4 Å². The van der Waals surface area contributed by atoms with Gasteiger partial charge in [-0.25, -0.2) is 28.8 Å². The zero-order valence-electron chi connectivity index (χ0n) is 22.3. The van der Waals surface area contributed by atoms with Crippen LogP contribution in [0.5, 0.6) is 0 Å². The molecule has 2 atom stereocenters. The Hall–Kier alpha value is -4.30. The first kappa shape index (κ1) is 35.7. The van der Waals surface area contributed by atoms with Gasteiger partial charge in [0.25, 0.3) is 0 Å². The lowest BCUT2D eigenvalue weighted by molar-refractivity contribution is -0.148. The predicted octanol–water partition coefficient (Wildman–Crippen LogP) is 0.0122. The molecule has 0 saturated carbocycles. The smallest absolute Gasteiger partial charge is 0.333 e. The van der Waals surface area contributed by atoms with E-state index in [-0.39, 0.29) is 24.4 Å². The lowest BCUT2D eigenvalue weighted by Gasteiger charge is -2.11. The molecule has 222 valence electrons. The molecular weight excluding hydrogens is 536 g/mol. The summed E-state index contributed by atoms with van der Waals surface area (Å²) in [6.45, 7) is 7.83. The first-order valence-electron chi connectivity index (χ1n) is 11.9. The molecule has 0 aliphatic rings. The Morgan fingerprint density at radius 1 is 0.550 bits per heavy atom. The highest BCUT2D eigenvalue weighted by Crippen LogP contribution is 1.98. The third kappa shape index (κ3) is 19.8. The normalized spacial score (nSPS) is 12.2. The van der Waals surface area contributed by atoms with Crippen LogP contribution in [0.25, 0.3) is 0 Å². The van der Waals surface area contributed by atoms with E-state index >= 15 is 0 Å². The van der Waals surface area contributed by atoms with Gasteiger partial charge >= 0.3 is 35.8 Å². The maximum Gasteiger partial charge on any atom is 0.333 e. The average Bonchev–Trinajstić information content (AvgIpc) is 2.91. The molecule has 0 aromatic heterocycles. The van der Waals surface area contributed by atoms with Gasteiger partial charge in [-0.3, -0.25) is 0 Å². The van der Waals surface area contributed by atoms with Crippen LogP contribution in [0.3, 0.4) is 0 Å². The maximum atomic E-state index is 11.6. The molecule has 0 saturated heterocycles. The molecule has 2 unspecified atom stereocenters. The summed E-state index contributed by atoms with van der Waals surface area (Å²) >= 11 is 0. The van der Waals surface area contributed by atoms with Gasteiger partial charge in [0.15, 0.2) is 0 Å². The first-order valence-corrected chi connectivity index (χ1v) is 11.9. The Bertz CT molecular complexity index is 900. The fourth-order valence-electron chi connectivity index (χ4n) is 2.06. The fourth-order valence-corrected chi connectivity index (χ4v) is 2.06. The summed E-state index contributed by atoms with van der Waals surface area (Å²) < 4.78 is 28.5. The molecule has 0 fully saturated rings. The summed E-state index contributed by atoms with van der Waals surface area (Å²) in [6, 6.07) is 0. The molecule has 0 bridgehead atoms. The highest BCUT2D eigenvalue weighted by atomic mass is 16.6. The zero-order chi connectivity index (χ0) is 30.5. The van der Waals surface area contributed by atoms with Crippen molar-refractivity contribution in [1.29, 1.82) is 0 Å². The van der Waals surface area contributed by atoms with Gasteiger partial charge in [0.05, 0.1) is 13.2 Å². The van der Waals surface area contributed by atoms with Crippen molar-refractivity contribution in [3.63, 3.8) is 0 Å². The van der Waals surface area contributed by atoms with Crippen molar-refractivity contribution in [3.05, 3.63) is 48.6 Å². The summed E-state index contributed by atoms with van der Waals surface area (Å²) in [6.07, 6.45) is 1.40. The molecule has 0 amide bonds. The van der Waals surface area contributed by atoms with Gasteiger partial charge in [0.1, 0.15) is 38.6 Å². The topological polar surface area (TPSA) is 198 Å². The molecule has 0 rings (SSSR count). The minimum atomic E-state index is -1.25. The summed E-state index contributed by atoms with van der Waals surface area (Å²) in [5, 5.41) is 19.2. The highest BCUT2D eigenvalue weighted by molar-refractivity contribution is 5.92. The second-order valence-electron chi connectivity index (χ2n) is 8.03. The molecule has 0 radical (unpaired) electrons. The summed E-state index contributed by atoms with van der Waals surface area (Å²) in [5.74, 6) is -4.90. The van der Waals surface area contributed by atoms with E-state index in [0.717, 1.165) is 24.3 Å². The van der Waals surface area contributed by atoms with E-state index in [9.17, 15) is 39.0 Å². The van der Waals surface area contributed by atoms with Gasteiger partial charge < -0.3 is 38.6 Å². The van der Waals surface area contributed by atoms with Gasteiger partial charge in [-0.15, -0.1) is 0 Å². The van der Waals surface area contributed by atoms with E-state index in [4.69, 9.17) is 28.4 Å². The largest absolute Gasteiger partial charge is 0.463 e. The quantitative estimate of drug-likeness (QED) is 0.0911. The van der Waals surface area contributed by atoms with Crippen LogP contribution in [0, 0.1) is 0 Å². The third-order valence-electron chi connectivity index (χ3n) is 4.08. The Balaban J connectivity index is 3.95. The summed E-state index contributed by atoms with van der Waals surface area (Å²) in [4.78, 5) is 68.7. The molecule has 0 aliphatic heterocycles. The number of rotatable bonds is 19. The Morgan fingerprint density at radius 2 is 0.825 bits per heavy atom. The van der Waals surface area contributed by atoms with E-state index in [1.54, 1.807) is 0 Å². The van der Waals surface area contributed by atoms with Crippen LogP contribution < -0.4 is 0 Å². The lowest BCUT2D eigenvalue weighted by Crippen LogP contribution is -2.25. The van der Waals surface area contributed by atoms with Gasteiger partial charge in [-0.2, -0.15) is 0 Å². The highest BCUT2D eigenvalue weighted by Gasteiger charge is 2.13. The van der Waals surface area contributed by atoms with Crippen molar-refractivity contribution in [3.8, 4) is 0 Å². The number of unbranched alkanes of at least 4 members (excludes halogenated alkanes) is 1. The molecule has 0 spiro atoms. The second kappa shape index (κ2) is 20.6. The van der Waals surface area contributed by atoms with Gasteiger partial charge in [-0.1, -0.05) is 13.2 Å². The van der Waals surface area contributed by atoms with E-state index in [1.165, 1.54) is 13.8 Å². The summed E-state index contributed by atoms with van der Waals surface area (Å²) in [5.41, 5.74) is 0.299. The van der Waals surface area contributed by atoms with Crippen molar-refractivity contribution >= 4 is 35.8 Å². The second-order valence-corrected chi connectivity index (χ2v) is 8.03. The number of carbonyl (C=O) groups is 6. The zero-order valence-corrected chi connectivity index (χ0v) is 22.3. The number of hydrogen-bond acceptors (Lipinski definition) is 14. The number of carbonyl (C=O) groups excluding carboxylic acids is 6. The maximum absolute atomic E-state index is 11.6. The Labute approximate surface area is 230 Å². The van der Waals surface area contributed by atoms with E-state index in [0.29, 0.717) is 12.8 Å². The molecule has 14 nitrogen and oxygen atoms in total. The number of ether oxygens (including phenoxy) is 6. The molecule has 0 heterocycles. The van der Waals surface area contributed by atoms with E-state index in [2.05, 4.69) is 13.2 Å². The SMILES string of the molecule is C=C(C)C(=O)OCC(O)COC(=O)C=CC(=O)OCCCCOC(=O)C=CC(=O)OCC(O)COC(=O)C(=C)C. The Kier molecular flexibility index (Phi) is 18.4. The molecule has 40 heavy (non-hydrogen) atoms. The van der Waals surface area contributed by atoms with Crippen LogP contribution in [0.1, 0.15) is 26.7 Å². The average molecular weight is 571 g/mol. The van der Waals surface area contributed by atoms with Crippen molar-refractivity contribution in [2.45, 2.75) is 38.9 Å². The van der Waals surface area contributed by atoms with E-state index in [1.807, 2.05) is 0 Å². The van der Waals surface area contributed by atoms with Crippen molar-refractivity contribution in [2.24, 2.45) is 0 Å². The first-order chi connectivity index (χ1) is 18.8. The lowest BCUT2D eigenvalue weighted by atomic mass is 10.3. The molecule has 14 heteroatoms. The Morgan fingerprint density at radius 3 is 1.12 bits per heavy atom. The van der Waals surface area contributed by atoms with Gasteiger partial charge in [0, 0.05) is 35.5 Å². The molecule has 2 N–H and O–H groups in total. The standard InChI is InChI=1S/C26H34O14/c1-17(2)25(33)39-15-19(27)13-37-23(31)9-7-21(29)35-11-5-6-12-36-22(30)8-10-24(32)38-14-20(28)16-40-26(34)18(3)4/h7-10,19-20,27-28H,1,3,5-6,11-16H2,2,4H3. The third-order valence-corrected chi connectivity index (χ3v) is 4.08. The van der Waals surface area contributed by atoms with Crippen molar-refractivity contribution in [2.75, 3.05) is 39.6 Å². The van der Waals surface area contributed by atoms with Crippen LogP contribution in [-0.4, -0.2) is 97.9 Å².